The van der Waals surface area contributed by atoms with Crippen molar-refractivity contribution in [1.29, 1.82) is 0 Å². The Morgan fingerprint density at radius 1 is 1.19 bits per heavy atom. The van der Waals surface area contributed by atoms with Gasteiger partial charge >= 0.3 is 5.97 Å². The Kier molecular flexibility index (Phi) is 4.93. The van der Waals surface area contributed by atoms with Crippen LogP contribution in [0.25, 0.3) is 22.4 Å². The van der Waals surface area contributed by atoms with Crippen LogP contribution in [0.4, 0.5) is 0 Å². The normalized spacial score (nSPS) is 11.2. The predicted octanol–water partition coefficient (Wildman–Crippen LogP) is 3.26. The number of pyridine rings is 2. The third-order valence-corrected chi connectivity index (χ3v) is 4.17. The lowest BCUT2D eigenvalue weighted by molar-refractivity contribution is -0.137. The minimum absolute atomic E-state index is 0.0216. The number of nitrogens with zero attached hydrogens (tertiary/aromatic N) is 4. The Morgan fingerprint density at radius 2 is 1.88 bits per heavy atom. The van der Waals surface area contributed by atoms with Gasteiger partial charge in [-0.25, -0.2) is 9.97 Å². The van der Waals surface area contributed by atoms with E-state index in [1.807, 2.05) is 0 Å². The smallest absolute Gasteiger partial charge is 0.313 e. The first-order valence-corrected chi connectivity index (χ1v) is 8.43. The number of aryl methyl sites for hydroxylation is 1. The Morgan fingerprint density at radius 3 is 2.54 bits per heavy atom. The molecule has 0 unspecified atom stereocenters. The number of fused-ring (bicyclic) bond motifs is 1. The van der Waals surface area contributed by atoms with E-state index in [9.17, 15) is 9.59 Å². The number of carbonyl (C=O) groups is 1. The standard InChI is InChI=1S/C17H14Cl2N4O3/c1-8(2)17(25)26-14-11(12-10(19)6-9(18)7-22-12)16(24)23(3)15-13(14)20-4-5-21-15/h4-8H,1-3H3. The molecule has 134 valence electrons. The van der Waals surface area contributed by atoms with E-state index < -0.39 is 17.4 Å². The van der Waals surface area contributed by atoms with Crippen molar-refractivity contribution >= 4 is 40.3 Å². The Labute approximate surface area is 158 Å². The van der Waals surface area contributed by atoms with Crippen LogP contribution in [0.15, 0.2) is 29.5 Å². The first-order valence-electron chi connectivity index (χ1n) is 7.68. The molecule has 0 fully saturated rings. The van der Waals surface area contributed by atoms with Gasteiger partial charge in [-0.3, -0.25) is 19.1 Å². The van der Waals surface area contributed by atoms with Crippen molar-refractivity contribution in [3.05, 3.63) is 45.1 Å². The molecule has 0 aliphatic rings. The topological polar surface area (TPSA) is 87.0 Å². The molecule has 9 heteroatoms. The SMILES string of the molecule is CC(C)C(=O)Oc1c(-c2ncc(Cl)cc2Cl)c(=O)n(C)c2nccnc12. The van der Waals surface area contributed by atoms with Gasteiger partial charge in [-0.15, -0.1) is 0 Å². The van der Waals surface area contributed by atoms with Gasteiger partial charge in [0, 0.05) is 25.6 Å². The van der Waals surface area contributed by atoms with Gasteiger partial charge in [-0.1, -0.05) is 37.0 Å². The molecule has 7 nitrogen and oxygen atoms in total. The van der Waals surface area contributed by atoms with E-state index in [2.05, 4.69) is 15.0 Å². The number of hydrogen-bond acceptors (Lipinski definition) is 6. The van der Waals surface area contributed by atoms with E-state index >= 15 is 0 Å². The van der Waals surface area contributed by atoms with E-state index in [0.29, 0.717) is 5.02 Å². The highest BCUT2D eigenvalue weighted by atomic mass is 35.5. The minimum Gasteiger partial charge on any atom is -0.423 e. The first-order chi connectivity index (χ1) is 12.3. The van der Waals surface area contributed by atoms with Gasteiger partial charge in [0.1, 0.15) is 11.1 Å². The van der Waals surface area contributed by atoms with Crippen molar-refractivity contribution in [3.8, 4) is 17.0 Å². The first kappa shape index (κ1) is 18.3. The fourth-order valence-corrected chi connectivity index (χ4v) is 2.82. The molecule has 0 aromatic carbocycles. The Hall–Kier alpha value is -2.51. The quantitative estimate of drug-likeness (QED) is 0.635. The summed E-state index contributed by atoms with van der Waals surface area (Å²) in [6, 6.07) is 1.46. The van der Waals surface area contributed by atoms with E-state index in [1.165, 1.54) is 29.2 Å². The predicted molar refractivity (Wildman–Crippen MR) is 98.5 cm³/mol. The van der Waals surface area contributed by atoms with E-state index in [1.54, 1.807) is 20.9 Å². The maximum absolute atomic E-state index is 13.0. The lowest BCUT2D eigenvalue weighted by Crippen LogP contribution is -2.24. The van der Waals surface area contributed by atoms with Gasteiger partial charge in [0.2, 0.25) is 0 Å². The van der Waals surface area contributed by atoms with Crippen LogP contribution < -0.4 is 10.3 Å². The average Bonchev–Trinajstić information content (AvgIpc) is 2.60. The van der Waals surface area contributed by atoms with E-state index in [0.717, 1.165) is 0 Å². The molecule has 3 rings (SSSR count). The molecule has 0 saturated carbocycles. The van der Waals surface area contributed by atoms with Crippen LogP contribution in [0.2, 0.25) is 10.0 Å². The fourth-order valence-electron chi connectivity index (χ4n) is 2.34. The maximum Gasteiger partial charge on any atom is 0.313 e. The zero-order valence-corrected chi connectivity index (χ0v) is 15.7. The van der Waals surface area contributed by atoms with Gasteiger partial charge in [0.25, 0.3) is 5.56 Å². The second kappa shape index (κ2) is 7.01. The summed E-state index contributed by atoms with van der Waals surface area (Å²) >= 11 is 12.1. The average molecular weight is 393 g/mol. The Bertz CT molecular complexity index is 1080. The molecule has 0 aliphatic carbocycles. The zero-order chi connectivity index (χ0) is 19.0. The molecule has 0 amide bonds. The highest BCUT2D eigenvalue weighted by Gasteiger charge is 2.25. The summed E-state index contributed by atoms with van der Waals surface area (Å²) in [5, 5.41) is 0.469. The number of hydrogen-bond donors (Lipinski definition) is 0. The monoisotopic (exact) mass is 392 g/mol. The fraction of sp³-hybridized carbons (Fsp3) is 0.235. The lowest BCUT2D eigenvalue weighted by atomic mass is 10.1. The largest absolute Gasteiger partial charge is 0.423 e. The van der Waals surface area contributed by atoms with Gasteiger partial charge in [0.05, 0.1) is 21.7 Å². The number of carbonyl (C=O) groups excluding carboxylic acids is 1. The third-order valence-electron chi connectivity index (χ3n) is 3.68. The molecule has 0 aliphatic heterocycles. The van der Waals surface area contributed by atoms with Crippen molar-refractivity contribution in [3.63, 3.8) is 0 Å². The molecule has 0 radical (unpaired) electrons. The van der Waals surface area contributed by atoms with Crippen LogP contribution in [-0.4, -0.2) is 25.5 Å². The summed E-state index contributed by atoms with van der Waals surface area (Å²) in [5.74, 6) is -0.949. The highest BCUT2D eigenvalue weighted by molar-refractivity contribution is 6.36. The van der Waals surface area contributed by atoms with Crippen molar-refractivity contribution in [2.24, 2.45) is 13.0 Å². The molecule has 3 aromatic heterocycles. The Balaban J connectivity index is 2.42. The molecular weight excluding hydrogens is 379 g/mol. The second-order valence-corrected chi connectivity index (χ2v) is 6.70. The molecular formula is C17H14Cl2N4O3. The van der Waals surface area contributed by atoms with Crippen LogP contribution >= 0.6 is 23.2 Å². The molecule has 0 N–H and O–H groups in total. The summed E-state index contributed by atoms with van der Waals surface area (Å²) in [7, 11) is 1.54. The minimum atomic E-state index is -0.517. The van der Waals surface area contributed by atoms with E-state index in [4.69, 9.17) is 27.9 Å². The molecule has 26 heavy (non-hydrogen) atoms. The van der Waals surface area contributed by atoms with Crippen molar-refractivity contribution in [2.45, 2.75) is 13.8 Å². The molecule has 0 atom stereocenters. The maximum atomic E-state index is 13.0. The van der Waals surface area contributed by atoms with Crippen LogP contribution in [0.3, 0.4) is 0 Å². The van der Waals surface area contributed by atoms with Crippen LogP contribution in [0, 0.1) is 5.92 Å². The number of ether oxygens (including phenoxy) is 1. The van der Waals surface area contributed by atoms with Gasteiger partial charge < -0.3 is 4.74 Å². The second-order valence-electron chi connectivity index (χ2n) is 5.86. The van der Waals surface area contributed by atoms with Crippen LogP contribution in [0.1, 0.15) is 13.8 Å². The molecule has 0 spiro atoms. The lowest BCUT2D eigenvalue weighted by Gasteiger charge is -2.15. The zero-order valence-electron chi connectivity index (χ0n) is 14.2. The van der Waals surface area contributed by atoms with Gasteiger partial charge in [-0.2, -0.15) is 0 Å². The van der Waals surface area contributed by atoms with Crippen LogP contribution in [-0.2, 0) is 11.8 Å². The summed E-state index contributed by atoms with van der Waals surface area (Å²) in [5.41, 5.74) is 0.234. The highest BCUT2D eigenvalue weighted by Crippen LogP contribution is 2.35. The number of rotatable bonds is 3. The molecule has 3 aromatic rings. The van der Waals surface area contributed by atoms with Gasteiger partial charge in [0.15, 0.2) is 11.4 Å². The van der Waals surface area contributed by atoms with Crippen LogP contribution in [0.5, 0.6) is 5.75 Å². The molecule has 3 heterocycles. The summed E-state index contributed by atoms with van der Waals surface area (Å²) in [4.78, 5) is 37.7. The van der Waals surface area contributed by atoms with Crippen molar-refractivity contribution in [2.75, 3.05) is 0 Å². The number of aromatic nitrogens is 4. The third kappa shape index (κ3) is 3.15. The van der Waals surface area contributed by atoms with Gasteiger partial charge in [-0.05, 0) is 6.07 Å². The summed E-state index contributed by atoms with van der Waals surface area (Å²) < 4.78 is 6.81. The molecule has 0 bridgehead atoms. The summed E-state index contributed by atoms with van der Waals surface area (Å²) in [6.45, 7) is 3.37. The van der Waals surface area contributed by atoms with E-state index in [-0.39, 0.29) is 33.2 Å². The van der Waals surface area contributed by atoms with Crippen molar-refractivity contribution < 1.29 is 9.53 Å². The number of esters is 1. The number of halogens is 2. The summed E-state index contributed by atoms with van der Waals surface area (Å²) in [6.07, 6.45) is 4.25. The van der Waals surface area contributed by atoms with Crippen molar-refractivity contribution in [1.82, 2.24) is 19.5 Å². The molecule has 0 saturated heterocycles.